The Morgan fingerprint density at radius 1 is 0.714 bits per heavy atom. The van der Waals surface area contributed by atoms with Crippen LogP contribution in [0.3, 0.4) is 0 Å². The van der Waals surface area contributed by atoms with Crippen molar-refractivity contribution in [3.05, 3.63) is 108 Å². The van der Waals surface area contributed by atoms with Crippen molar-refractivity contribution in [3.63, 3.8) is 0 Å². The summed E-state index contributed by atoms with van der Waals surface area (Å²) in [5.74, 6) is 0.911. The van der Waals surface area contributed by atoms with Crippen molar-refractivity contribution in [3.8, 4) is 0 Å². The molecule has 0 aliphatic carbocycles. The third-order valence-electron chi connectivity index (χ3n) is 6.23. The summed E-state index contributed by atoms with van der Waals surface area (Å²) in [4.78, 5) is 0. The van der Waals surface area contributed by atoms with E-state index in [2.05, 4.69) is 31.2 Å². The fraction of sp³-hybridized carbons (Fsp3) is 0.379. The van der Waals surface area contributed by atoms with Gasteiger partial charge in [-0.2, -0.15) is 0 Å². The molecule has 5 rings (SSSR count). The van der Waals surface area contributed by atoms with E-state index >= 15 is 0 Å². The molecule has 0 bridgehead atoms. The molecule has 6 atom stereocenters. The molecule has 35 heavy (non-hydrogen) atoms. The van der Waals surface area contributed by atoms with E-state index in [-0.39, 0.29) is 29.9 Å². The van der Waals surface area contributed by atoms with E-state index in [0.29, 0.717) is 19.8 Å². The van der Waals surface area contributed by atoms with E-state index in [1.165, 1.54) is 0 Å². The van der Waals surface area contributed by atoms with Gasteiger partial charge in [0, 0.05) is 5.56 Å². The van der Waals surface area contributed by atoms with Crippen molar-refractivity contribution in [2.75, 3.05) is 12.4 Å². The lowest BCUT2D eigenvalue weighted by Crippen LogP contribution is -2.57. The molecule has 0 amide bonds. The maximum Gasteiger partial charge on any atom is 0.184 e. The van der Waals surface area contributed by atoms with E-state index in [1.807, 2.05) is 66.7 Å². The summed E-state index contributed by atoms with van der Waals surface area (Å²) in [6, 6.07) is 30.4. The molecule has 184 valence electrons. The quantitative estimate of drug-likeness (QED) is 0.359. The first-order chi connectivity index (χ1) is 17.3. The molecule has 0 spiro atoms. The smallest absolute Gasteiger partial charge is 0.184 e. The second kappa shape index (κ2) is 12.2. The molecule has 3 aromatic rings. The van der Waals surface area contributed by atoms with Gasteiger partial charge in [-0.15, -0.1) is 11.8 Å². The normalized spacial score (nSPS) is 28.0. The summed E-state index contributed by atoms with van der Waals surface area (Å²) in [6.45, 7) is 3.58. The van der Waals surface area contributed by atoms with Crippen LogP contribution in [0.4, 0.5) is 0 Å². The van der Waals surface area contributed by atoms with Gasteiger partial charge in [0.15, 0.2) is 6.29 Å². The maximum atomic E-state index is 6.57. The van der Waals surface area contributed by atoms with Crippen molar-refractivity contribution >= 4 is 11.8 Å². The van der Waals surface area contributed by atoms with Crippen LogP contribution in [0.25, 0.3) is 0 Å². The van der Waals surface area contributed by atoms with E-state index in [0.717, 1.165) is 22.4 Å². The number of thioether (sulfide) groups is 1. The van der Waals surface area contributed by atoms with Crippen LogP contribution in [-0.4, -0.2) is 42.2 Å². The highest BCUT2D eigenvalue weighted by molar-refractivity contribution is 7.99. The summed E-state index contributed by atoms with van der Waals surface area (Å²) < 4.78 is 32.1. The minimum Gasteiger partial charge on any atom is -0.374 e. The van der Waals surface area contributed by atoms with Crippen LogP contribution >= 0.6 is 11.8 Å². The first kappa shape index (κ1) is 24.5. The standard InChI is InChI=1S/C29H32O5S/c1-2-35-29-27(31-19-22-14-8-4-9-15-22)26-25(33-28(34-26)23-16-10-5-11-17-23)24(32-29)20-30-18-21-12-6-3-7-13-21/h3-17,24-29H,2,18-20H2,1H3/t24-,25+,26+,27-,28+,29+/m1/s1. The zero-order valence-electron chi connectivity index (χ0n) is 19.9. The van der Waals surface area contributed by atoms with Crippen LogP contribution in [0, 0.1) is 0 Å². The molecule has 2 saturated heterocycles. The second-order valence-electron chi connectivity index (χ2n) is 8.70. The SMILES string of the molecule is CCS[C@@H]1O[C@H](COCc2ccccc2)[C@@H]2O[C@H](c3ccccc3)O[C@@H]2[C@H]1OCc1ccccc1. The Morgan fingerprint density at radius 2 is 1.31 bits per heavy atom. The van der Waals surface area contributed by atoms with Gasteiger partial charge in [-0.25, -0.2) is 0 Å². The van der Waals surface area contributed by atoms with Crippen molar-refractivity contribution in [1.29, 1.82) is 0 Å². The molecule has 0 radical (unpaired) electrons. The number of ether oxygens (including phenoxy) is 5. The predicted molar refractivity (Wildman–Crippen MR) is 137 cm³/mol. The molecule has 3 aromatic carbocycles. The van der Waals surface area contributed by atoms with Gasteiger partial charge in [-0.1, -0.05) is 97.9 Å². The number of fused-ring (bicyclic) bond motifs is 1. The van der Waals surface area contributed by atoms with Crippen molar-refractivity contribution in [2.24, 2.45) is 0 Å². The molecule has 0 N–H and O–H groups in total. The molecular weight excluding hydrogens is 460 g/mol. The number of rotatable bonds is 10. The first-order valence-corrected chi connectivity index (χ1v) is 13.3. The Labute approximate surface area is 211 Å². The molecule has 0 saturated carbocycles. The average molecular weight is 493 g/mol. The Balaban J connectivity index is 1.33. The van der Waals surface area contributed by atoms with Gasteiger partial charge in [0.05, 0.1) is 19.8 Å². The summed E-state index contributed by atoms with van der Waals surface area (Å²) in [6.07, 6.45) is -1.51. The summed E-state index contributed by atoms with van der Waals surface area (Å²) in [7, 11) is 0. The third kappa shape index (κ3) is 6.15. The van der Waals surface area contributed by atoms with Crippen LogP contribution in [0.1, 0.15) is 29.9 Å². The monoisotopic (exact) mass is 492 g/mol. The Bertz CT molecular complexity index is 1020. The van der Waals surface area contributed by atoms with Gasteiger partial charge in [-0.3, -0.25) is 0 Å². The van der Waals surface area contributed by atoms with E-state index in [1.54, 1.807) is 11.8 Å². The van der Waals surface area contributed by atoms with Gasteiger partial charge >= 0.3 is 0 Å². The fourth-order valence-electron chi connectivity index (χ4n) is 4.53. The largest absolute Gasteiger partial charge is 0.374 e. The molecule has 0 unspecified atom stereocenters. The molecule has 0 aromatic heterocycles. The van der Waals surface area contributed by atoms with Gasteiger partial charge in [-0.05, 0) is 16.9 Å². The molecule has 5 nitrogen and oxygen atoms in total. The van der Waals surface area contributed by atoms with Crippen LogP contribution in [-0.2, 0) is 36.9 Å². The molecule has 6 heteroatoms. The summed E-state index contributed by atoms with van der Waals surface area (Å²) >= 11 is 1.74. The summed E-state index contributed by atoms with van der Waals surface area (Å²) in [5.41, 5.74) is 3.08. The van der Waals surface area contributed by atoms with Gasteiger partial charge < -0.3 is 23.7 Å². The summed E-state index contributed by atoms with van der Waals surface area (Å²) in [5, 5.41) is 0. The number of benzene rings is 3. The topological polar surface area (TPSA) is 46.2 Å². The molecule has 2 heterocycles. The minimum absolute atomic E-state index is 0.173. The lowest BCUT2D eigenvalue weighted by atomic mass is 10.00. The Kier molecular flexibility index (Phi) is 8.52. The van der Waals surface area contributed by atoms with Crippen molar-refractivity contribution in [2.45, 2.75) is 56.3 Å². The van der Waals surface area contributed by atoms with E-state index in [4.69, 9.17) is 23.7 Å². The van der Waals surface area contributed by atoms with Gasteiger partial charge in [0.25, 0.3) is 0 Å². The van der Waals surface area contributed by atoms with Crippen molar-refractivity contribution in [1.82, 2.24) is 0 Å². The second-order valence-corrected chi connectivity index (χ2v) is 10.1. The van der Waals surface area contributed by atoms with Crippen LogP contribution in [0.5, 0.6) is 0 Å². The highest BCUT2D eigenvalue weighted by atomic mass is 32.2. The minimum atomic E-state index is -0.459. The predicted octanol–water partition coefficient (Wildman–Crippen LogP) is 5.75. The van der Waals surface area contributed by atoms with Gasteiger partial charge in [0.2, 0.25) is 0 Å². The van der Waals surface area contributed by atoms with Crippen LogP contribution in [0.15, 0.2) is 91.0 Å². The molecule has 2 fully saturated rings. The average Bonchev–Trinajstić information content (AvgIpc) is 3.36. The highest BCUT2D eigenvalue weighted by Crippen LogP contribution is 2.42. The number of hydrogen-bond donors (Lipinski definition) is 0. The Morgan fingerprint density at radius 3 is 1.97 bits per heavy atom. The third-order valence-corrected chi connectivity index (χ3v) is 7.28. The van der Waals surface area contributed by atoms with Crippen LogP contribution in [0.2, 0.25) is 0 Å². The molecule has 2 aliphatic rings. The molecule has 2 aliphatic heterocycles. The Hall–Kier alpha value is -2.19. The van der Waals surface area contributed by atoms with Crippen molar-refractivity contribution < 1.29 is 23.7 Å². The molecular formula is C29H32O5S. The zero-order valence-corrected chi connectivity index (χ0v) is 20.7. The zero-order chi connectivity index (χ0) is 23.9. The van der Waals surface area contributed by atoms with E-state index in [9.17, 15) is 0 Å². The lowest BCUT2D eigenvalue weighted by Gasteiger charge is -2.41. The van der Waals surface area contributed by atoms with Gasteiger partial charge in [0.1, 0.15) is 29.9 Å². The number of hydrogen-bond acceptors (Lipinski definition) is 6. The lowest BCUT2D eigenvalue weighted by molar-refractivity contribution is -0.192. The first-order valence-electron chi connectivity index (χ1n) is 12.2. The highest BCUT2D eigenvalue weighted by Gasteiger charge is 2.53. The fourth-order valence-corrected chi connectivity index (χ4v) is 5.50. The van der Waals surface area contributed by atoms with E-state index < -0.39 is 6.29 Å². The van der Waals surface area contributed by atoms with Crippen LogP contribution < -0.4 is 0 Å². The maximum absolute atomic E-state index is 6.57.